The van der Waals surface area contributed by atoms with E-state index in [1.807, 2.05) is 42.5 Å². The van der Waals surface area contributed by atoms with Crippen LogP contribution in [0.1, 0.15) is 28.8 Å². The summed E-state index contributed by atoms with van der Waals surface area (Å²) in [5, 5.41) is 2.92. The highest BCUT2D eigenvalue weighted by Crippen LogP contribution is 2.24. The zero-order valence-electron chi connectivity index (χ0n) is 15.5. The number of carbonyl (C=O) groups excluding carboxylic acids is 3. The van der Waals surface area contributed by atoms with Gasteiger partial charge < -0.3 is 15.0 Å². The lowest BCUT2D eigenvalue weighted by Crippen LogP contribution is -2.48. The van der Waals surface area contributed by atoms with Gasteiger partial charge in [0.25, 0.3) is 5.91 Å². The van der Waals surface area contributed by atoms with Gasteiger partial charge in [-0.1, -0.05) is 36.4 Å². The normalized spacial score (nSPS) is 19.5. The van der Waals surface area contributed by atoms with Gasteiger partial charge >= 0.3 is 5.97 Å². The molecule has 1 atom stereocenters. The maximum absolute atomic E-state index is 12.8. The molecule has 1 fully saturated rings. The molecule has 4 rings (SSSR count). The minimum Gasteiger partial charge on any atom is -0.448 e. The van der Waals surface area contributed by atoms with Gasteiger partial charge in [-0.2, -0.15) is 0 Å². The van der Waals surface area contributed by atoms with Crippen molar-refractivity contribution >= 4 is 23.5 Å². The van der Waals surface area contributed by atoms with E-state index in [0.717, 1.165) is 11.3 Å². The van der Waals surface area contributed by atoms with Gasteiger partial charge in [0.15, 0.2) is 6.10 Å². The molecule has 2 aromatic carbocycles. The van der Waals surface area contributed by atoms with Crippen molar-refractivity contribution in [3.8, 4) is 0 Å². The van der Waals surface area contributed by atoms with Crippen molar-refractivity contribution in [2.24, 2.45) is 5.92 Å². The Labute approximate surface area is 163 Å². The number of cyclic esters (lactones) is 1. The number of nitrogens with zero attached hydrogens (tertiary/aromatic N) is 1. The smallest absolute Gasteiger partial charge is 0.339 e. The topological polar surface area (TPSA) is 75.7 Å². The van der Waals surface area contributed by atoms with Crippen LogP contribution in [0.25, 0.3) is 0 Å². The number of para-hydroxylation sites is 1. The Kier molecular flexibility index (Phi) is 5.10. The number of likely N-dealkylation sites (tertiary alicyclic amines) is 1. The molecular weight excluding hydrogens is 356 g/mol. The molecule has 0 radical (unpaired) electrons. The van der Waals surface area contributed by atoms with Crippen molar-refractivity contribution < 1.29 is 19.1 Å². The number of rotatable bonds is 3. The van der Waals surface area contributed by atoms with E-state index in [1.165, 1.54) is 0 Å². The van der Waals surface area contributed by atoms with E-state index in [9.17, 15) is 14.4 Å². The average molecular weight is 378 g/mol. The third kappa shape index (κ3) is 3.76. The first-order valence-corrected chi connectivity index (χ1v) is 9.55. The molecule has 0 aliphatic carbocycles. The molecule has 0 aromatic heterocycles. The molecule has 0 saturated carbocycles. The fourth-order valence-electron chi connectivity index (χ4n) is 3.80. The van der Waals surface area contributed by atoms with E-state index in [2.05, 4.69) is 5.32 Å². The van der Waals surface area contributed by atoms with Gasteiger partial charge in [0.1, 0.15) is 0 Å². The lowest BCUT2D eigenvalue weighted by atomic mass is 9.94. The lowest BCUT2D eigenvalue weighted by molar-refractivity contribution is -0.143. The van der Waals surface area contributed by atoms with Gasteiger partial charge in [0.2, 0.25) is 5.91 Å². The van der Waals surface area contributed by atoms with Crippen LogP contribution >= 0.6 is 0 Å². The van der Waals surface area contributed by atoms with Crippen molar-refractivity contribution in [1.29, 1.82) is 0 Å². The van der Waals surface area contributed by atoms with Crippen LogP contribution in [0.3, 0.4) is 0 Å². The third-order valence-electron chi connectivity index (χ3n) is 5.39. The van der Waals surface area contributed by atoms with E-state index >= 15 is 0 Å². The van der Waals surface area contributed by atoms with Gasteiger partial charge in [0.05, 0.1) is 5.56 Å². The first-order valence-electron chi connectivity index (χ1n) is 9.55. The van der Waals surface area contributed by atoms with Crippen molar-refractivity contribution in [3.05, 3.63) is 65.7 Å². The first-order chi connectivity index (χ1) is 13.6. The third-order valence-corrected chi connectivity index (χ3v) is 5.39. The summed E-state index contributed by atoms with van der Waals surface area (Å²) in [4.78, 5) is 39.1. The maximum Gasteiger partial charge on any atom is 0.339 e. The number of benzene rings is 2. The molecule has 1 N–H and O–H groups in total. The monoisotopic (exact) mass is 378 g/mol. The Hall–Kier alpha value is -3.15. The molecule has 6 heteroatoms. The van der Waals surface area contributed by atoms with E-state index in [1.54, 1.807) is 17.0 Å². The van der Waals surface area contributed by atoms with E-state index in [-0.39, 0.29) is 17.7 Å². The van der Waals surface area contributed by atoms with Crippen molar-refractivity contribution in [3.63, 3.8) is 0 Å². The SMILES string of the molecule is O=C1OC(C(=O)N2CCC(C(=O)Nc3ccccc3)CC2)Cc2ccccc21. The van der Waals surface area contributed by atoms with Gasteiger partial charge in [-0.05, 0) is 36.6 Å². The quantitative estimate of drug-likeness (QED) is 0.833. The molecule has 2 aliphatic heterocycles. The minimum absolute atomic E-state index is 0.0173. The molecule has 144 valence electrons. The Morgan fingerprint density at radius 2 is 1.64 bits per heavy atom. The van der Waals surface area contributed by atoms with Crippen LogP contribution in [0.5, 0.6) is 0 Å². The van der Waals surface area contributed by atoms with Crippen LogP contribution in [0, 0.1) is 5.92 Å². The summed E-state index contributed by atoms with van der Waals surface area (Å²) >= 11 is 0. The van der Waals surface area contributed by atoms with Crippen LogP contribution in [0.2, 0.25) is 0 Å². The number of piperidine rings is 1. The second-order valence-electron chi connectivity index (χ2n) is 7.21. The Morgan fingerprint density at radius 3 is 2.39 bits per heavy atom. The number of ether oxygens (including phenoxy) is 1. The number of hydrogen-bond acceptors (Lipinski definition) is 4. The Morgan fingerprint density at radius 1 is 0.964 bits per heavy atom. The highest BCUT2D eigenvalue weighted by atomic mass is 16.5. The van der Waals surface area contributed by atoms with Crippen molar-refractivity contribution in [2.75, 3.05) is 18.4 Å². The summed E-state index contributed by atoms with van der Waals surface area (Å²) in [5.41, 5.74) is 2.15. The van der Waals surface area contributed by atoms with Crippen molar-refractivity contribution in [1.82, 2.24) is 4.90 Å². The fourth-order valence-corrected chi connectivity index (χ4v) is 3.80. The number of carbonyl (C=O) groups is 3. The molecular formula is C22H22N2O4. The first kappa shape index (κ1) is 18.2. The van der Waals surface area contributed by atoms with Crippen LogP contribution in [-0.2, 0) is 20.7 Å². The molecule has 2 heterocycles. The zero-order valence-corrected chi connectivity index (χ0v) is 15.5. The van der Waals surface area contributed by atoms with Gasteiger partial charge in [-0.3, -0.25) is 9.59 Å². The van der Waals surface area contributed by atoms with E-state index in [0.29, 0.717) is 37.9 Å². The number of esters is 1. The van der Waals surface area contributed by atoms with Crippen LogP contribution in [-0.4, -0.2) is 41.9 Å². The van der Waals surface area contributed by atoms with Gasteiger partial charge in [-0.25, -0.2) is 4.79 Å². The standard InChI is InChI=1S/C22H22N2O4/c25-20(23-17-7-2-1-3-8-17)15-10-12-24(13-11-15)21(26)19-14-16-6-4-5-9-18(16)22(27)28-19/h1-9,15,19H,10-14H2,(H,23,25). The maximum atomic E-state index is 12.8. The number of fused-ring (bicyclic) bond motifs is 1. The second-order valence-corrected chi connectivity index (χ2v) is 7.21. The Bertz CT molecular complexity index is 888. The molecule has 1 saturated heterocycles. The van der Waals surface area contributed by atoms with Crippen LogP contribution < -0.4 is 5.32 Å². The summed E-state index contributed by atoms with van der Waals surface area (Å²) in [6.45, 7) is 0.975. The average Bonchev–Trinajstić information content (AvgIpc) is 2.74. The summed E-state index contributed by atoms with van der Waals surface area (Å²) < 4.78 is 5.37. The molecule has 2 amide bonds. The number of amides is 2. The fraction of sp³-hybridized carbons (Fsp3) is 0.318. The highest BCUT2D eigenvalue weighted by molar-refractivity contribution is 5.96. The largest absolute Gasteiger partial charge is 0.448 e. The predicted octanol–water partition coefficient (Wildman–Crippen LogP) is 2.65. The minimum atomic E-state index is -0.780. The molecule has 6 nitrogen and oxygen atoms in total. The highest BCUT2D eigenvalue weighted by Gasteiger charge is 2.36. The molecule has 0 bridgehead atoms. The predicted molar refractivity (Wildman–Crippen MR) is 104 cm³/mol. The molecule has 2 aromatic rings. The van der Waals surface area contributed by atoms with Crippen molar-refractivity contribution in [2.45, 2.75) is 25.4 Å². The summed E-state index contributed by atoms with van der Waals surface area (Å²) in [6, 6.07) is 16.6. The summed E-state index contributed by atoms with van der Waals surface area (Å²) in [7, 11) is 0. The lowest BCUT2D eigenvalue weighted by Gasteiger charge is -2.34. The molecule has 1 unspecified atom stereocenters. The summed E-state index contributed by atoms with van der Waals surface area (Å²) in [5.74, 6) is -0.766. The number of hydrogen-bond donors (Lipinski definition) is 1. The molecule has 0 spiro atoms. The second kappa shape index (κ2) is 7.84. The van der Waals surface area contributed by atoms with E-state index in [4.69, 9.17) is 4.74 Å². The number of anilines is 1. The van der Waals surface area contributed by atoms with Gasteiger partial charge in [0, 0.05) is 31.1 Å². The van der Waals surface area contributed by atoms with Crippen LogP contribution in [0.4, 0.5) is 5.69 Å². The van der Waals surface area contributed by atoms with E-state index < -0.39 is 12.1 Å². The molecule has 2 aliphatic rings. The van der Waals surface area contributed by atoms with Gasteiger partial charge in [-0.15, -0.1) is 0 Å². The van der Waals surface area contributed by atoms with Crippen LogP contribution in [0.15, 0.2) is 54.6 Å². The Balaban J connectivity index is 1.33. The molecule has 28 heavy (non-hydrogen) atoms. The summed E-state index contributed by atoms with van der Waals surface area (Å²) in [6.07, 6.45) is 0.815. The zero-order chi connectivity index (χ0) is 19.5. The number of nitrogens with one attached hydrogen (secondary N) is 1.